The minimum absolute atomic E-state index is 0. The molecule has 2 rings (SSSR count). The molecule has 1 aliphatic rings. The van der Waals surface area contributed by atoms with Crippen LogP contribution in [0.3, 0.4) is 0 Å². The van der Waals surface area contributed by atoms with Crippen molar-refractivity contribution < 1.29 is 14.3 Å². The van der Waals surface area contributed by atoms with E-state index in [1.165, 1.54) is 0 Å². The lowest BCUT2D eigenvalue weighted by Crippen LogP contribution is -2.38. The SMILES string of the molecule is COCCCOc1cccc(C(=O)N(C)C2CCNC2)c1.Cl. The van der Waals surface area contributed by atoms with Gasteiger partial charge in [0.2, 0.25) is 0 Å². The second kappa shape index (κ2) is 9.66. The van der Waals surface area contributed by atoms with E-state index in [4.69, 9.17) is 9.47 Å². The molecule has 5 nitrogen and oxygen atoms in total. The number of likely N-dealkylation sites (N-methyl/N-ethyl adjacent to an activating group) is 1. The molecular formula is C16H25ClN2O3. The molecule has 1 aliphatic heterocycles. The van der Waals surface area contributed by atoms with Gasteiger partial charge in [-0.25, -0.2) is 0 Å². The van der Waals surface area contributed by atoms with Crippen molar-refractivity contribution in [1.29, 1.82) is 0 Å². The summed E-state index contributed by atoms with van der Waals surface area (Å²) in [5, 5.41) is 3.28. The summed E-state index contributed by atoms with van der Waals surface area (Å²) >= 11 is 0. The van der Waals surface area contributed by atoms with E-state index in [1.54, 1.807) is 7.11 Å². The highest BCUT2D eigenvalue weighted by Crippen LogP contribution is 2.17. The fourth-order valence-corrected chi connectivity index (χ4v) is 2.45. The molecule has 1 atom stereocenters. The van der Waals surface area contributed by atoms with Crippen molar-refractivity contribution in [1.82, 2.24) is 10.2 Å². The van der Waals surface area contributed by atoms with E-state index in [9.17, 15) is 4.79 Å². The third-order valence-corrected chi connectivity index (χ3v) is 3.74. The Bertz CT molecular complexity index is 464. The molecule has 0 spiro atoms. The molecule has 1 heterocycles. The summed E-state index contributed by atoms with van der Waals surface area (Å²) in [6.07, 6.45) is 1.85. The van der Waals surface area contributed by atoms with Gasteiger partial charge in [-0.1, -0.05) is 6.07 Å². The summed E-state index contributed by atoms with van der Waals surface area (Å²) in [5.74, 6) is 0.779. The number of hydrogen-bond acceptors (Lipinski definition) is 4. The number of carbonyl (C=O) groups excluding carboxylic acids is 1. The van der Waals surface area contributed by atoms with Gasteiger partial charge < -0.3 is 19.7 Å². The predicted molar refractivity (Wildman–Crippen MR) is 89.0 cm³/mol. The third-order valence-electron chi connectivity index (χ3n) is 3.74. The van der Waals surface area contributed by atoms with Crippen LogP contribution in [0.2, 0.25) is 0 Å². The summed E-state index contributed by atoms with van der Waals surface area (Å²) in [6.45, 7) is 3.12. The van der Waals surface area contributed by atoms with Crippen LogP contribution >= 0.6 is 12.4 Å². The molecule has 22 heavy (non-hydrogen) atoms. The molecule has 1 N–H and O–H groups in total. The Labute approximate surface area is 138 Å². The average Bonchev–Trinajstić information content (AvgIpc) is 3.05. The van der Waals surface area contributed by atoms with Crippen LogP contribution in [0.5, 0.6) is 5.75 Å². The normalized spacial score (nSPS) is 16.9. The van der Waals surface area contributed by atoms with Crippen LogP contribution in [-0.4, -0.2) is 57.3 Å². The average molecular weight is 329 g/mol. The molecule has 0 radical (unpaired) electrons. The monoisotopic (exact) mass is 328 g/mol. The smallest absolute Gasteiger partial charge is 0.254 e. The molecule has 1 aromatic rings. The van der Waals surface area contributed by atoms with Crippen LogP contribution in [-0.2, 0) is 4.74 Å². The summed E-state index contributed by atoms with van der Waals surface area (Å²) in [6, 6.07) is 7.67. The fraction of sp³-hybridized carbons (Fsp3) is 0.562. The Morgan fingerprint density at radius 2 is 2.23 bits per heavy atom. The van der Waals surface area contributed by atoms with Crippen molar-refractivity contribution in [3.05, 3.63) is 29.8 Å². The van der Waals surface area contributed by atoms with Crippen molar-refractivity contribution in [2.75, 3.05) is 40.5 Å². The van der Waals surface area contributed by atoms with Gasteiger partial charge in [0.15, 0.2) is 0 Å². The molecule has 0 saturated carbocycles. The second-order valence-electron chi connectivity index (χ2n) is 5.29. The van der Waals surface area contributed by atoms with Gasteiger partial charge in [0.25, 0.3) is 5.91 Å². The van der Waals surface area contributed by atoms with Crippen molar-refractivity contribution in [2.24, 2.45) is 0 Å². The summed E-state index contributed by atoms with van der Waals surface area (Å²) in [5.41, 5.74) is 0.675. The highest BCUT2D eigenvalue weighted by Gasteiger charge is 2.24. The molecule has 1 saturated heterocycles. The molecule has 0 bridgehead atoms. The summed E-state index contributed by atoms with van der Waals surface area (Å²) in [7, 11) is 3.54. The highest BCUT2D eigenvalue weighted by atomic mass is 35.5. The van der Waals surface area contributed by atoms with Gasteiger partial charge in [-0.3, -0.25) is 4.79 Å². The van der Waals surface area contributed by atoms with Crippen molar-refractivity contribution in [3.63, 3.8) is 0 Å². The molecule has 1 amide bonds. The first-order valence-corrected chi connectivity index (χ1v) is 7.42. The number of benzene rings is 1. The van der Waals surface area contributed by atoms with E-state index in [0.29, 0.717) is 18.8 Å². The van der Waals surface area contributed by atoms with Gasteiger partial charge >= 0.3 is 0 Å². The number of methoxy groups -OCH3 is 1. The first-order valence-electron chi connectivity index (χ1n) is 7.42. The van der Waals surface area contributed by atoms with Crippen LogP contribution in [0.1, 0.15) is 23.2 Å². The lowest BCUT2D eigenvalue weighted by atomic mass is 10.1. The Hall–Kier alpha value is -1.30. The van der Waals surface area contributed by atoms with Crippen LogP contribution in [0, 0.1) is 0 Å². The second-order valence-corrected chi connectivity index (χ2v) is 5.29. The number of rotatable bonds is 7. The number of amides is 1. The quantitative estimate of drug-likeness (QED) is 0.777. The fourth-order valence-electron chi connectivity index (χ4n) is 2.45. The lowest BCUT2D eigenvalue weighted by Gasteiger charge is -2.24. The molecule has 0 aromatic heterocycles. The van der Waals surface area contributed by atoms with E-state index in [-0.39, 0.29) is 24.4 Å². The number of halogens is 1. The van der Waals surface area contributed by atoms with Crippen LogP contribution in [0.15, 0.2) is 24.3 Å². The zero-order valence-electron chi connectivity index (χ0n) is 13.2. The first kappa shape index (κ1) is 18.7. The number of nitrogens with one attached hydrogen (secondary N) is 1. The molecule has 6 heteroatoms. The number of hydrogen-bond donors (Lipinski definition) is 1. The van der Waals surface area contributed by atoms with Gasteiger partial charge in [-0.05, 0) is 31.2 Å². The van der Waals surface area contributed by atoms with Gasteiger partial charge in [0.05, 0.1) is 6.61 Å². The maximum Gasteiger partial charge on any atom is 0.254 e. The van der Waals surface area contributed by atoms with Gasteiger partial charge in [0, 0.05) is 45.3 Å². The predicted octanol–water partition coefficient (Wildman–Crippen LogP) is 1.96. The van der Waals surface area contributed by atoms with Gasteiger partial charge in [-0.2, -0.15) is 0 Å². The molecule has 124 valence electrons. The maximum atomic E-state index is 12.5. The van der Waals surface area contributed by atoms with E-state index in [2.05, 4.69) is 5.32 Å². The Balaban J connectivity index is 0.00000242. The topological polar surface area (TPSA) is 50.8 Å². The lowest BCUT2D eigenvalue weighted by molar-refractivity contribution is 0.0743. The molecule has 1 fully saturated rings. The number of nitrogens with zero attached hydrogens (tertiary/aromatic N) is 1. The Kier molecular flexibility index (Phi) is 8.24. The standard InChI is InChI=1S/C16H24N2O3.ClH/c1-18(14-7-8-17-12-14)16(19)13-5-3-6-15(11-13)21-10-4-9-20-2;/h3,5-6,11,14,17H,4,7-10,12H2,1-2H3;1H. The zero-order valence-corrected chi connectivity index (χ0v) is 14.0. The third kappa shape index (κ3) is 5.16. The minimum Gasteiger partial charge on any atom is -0.493 e. The van der Waals surface area contributed by atoms with Crippen LogP contribution in [0.4, 0.5) is 0 Å². The van der Waals surface area contributed by atoms with Crippen molar-refractivity contribution >= 4 is 18.3 Å². The van der Waals surface area contributed by atoms with Crippen molar-refractivity contribution in [2.45, 2.75) is 18.9 Å². The molecule has 0 aliphatic carbocycles. The molecule has 1 unspecified atom stereocenters. The maximum absolute atomic E-state index is 12.5. The zero-order chi connectivity index (χ0) is 15.1. The minimum atomic E-state index is 0. The van der Waals surface area contributed by atoms with Crippen molar-refractivity contribution in [3.8, 4) is 5.75 Å². The number of carbonyl (C=O) groups is 1. The van der Waals surface area contributed by atoms with Crippen LogP contribution in [0.25, 0.3) is 0 Å². The highest BCUT2D eigenvalue weighted by molar-refractivity contribution is 5.94. The van der Waals surface area contributed by atoms with Gasteiger partial charge in [-0.15, -0.1) is 12.4 Å². The van der Waals surface area contributed by atoms with E-state index in [0.717, 1.165) is 31.7 Å². The Morgan fingerprint density at radius 1 is 1.41 bits per heavy atom. The number of ether oxygens (including phenoxy) is 2. The van der Waals surface area contributed by atoms with E-state index >= 15 is 0 Å². The van der Waals surface area contributed by atoms with E-state index in [1.807, 2.05) is 36.2 Å². The largest absolute Gasteiger partial charge is 0.493 e. The Morgan fingerprint density at radius 3 is 2.91 bits per heavy atom. The van der Waals surface area contributed by atoms with Gasteiger partial charge in [0.1, 0.15) is 5.75 Å². The summed E-state index contributed by atoms with van der Waals surface area (Å²) < 4.78 is 10.6. The molecule has 1 aromatic carbocycles. The summed E-state index contributed by atoms with van der Waals surface area (Å²) in [4.78, 5) is 14.3. The van der Waals surface area contributed by atoms with E-state index < -0.39 is 0 Å². The van der Waals surface area contributed by atoms with Crippen LogP contribution < -0.4 is 10.1 Å². The first-order chi connectivity index (χ1) is 10.2. The molecular weight excluding hydrogens is 304 g/mol.